The van der Waals surface area contributed by atoms with Gasteiger partial charge >= 0.3 is 0 Å². The molecule has 0 radical (unpaired) electrons. The fourth-order valence-corrected chi connectivity index (χ4v) is 2.44. The van der Waals surface area contributed by atoms with Crippen molar-refractivity contribution in [2.45, 2.75) is 25.8 Å². The highest BCUT2D eigenvalue weighted by molar-refractivity contribution is 5.81. The summed E-state index contributed by atoms with van der Waals surface area (Å²) in [6.45, 7) is 2.22. The maximum absolute atomic E-state index is 11.9. The number of aromatic amines is 1. The summed E-state index contributed by atoms with van der Waals surface area (Å²) in [7, 11) is 0. The van der Waals surface area contributed by atoms with Gasteiger partial charge in [-0.1, -0.05) is 6.92 Å². The van der Waals surface area contributed by atoms with Crippen molar-refractivity contribution in [1.82, 2.24) is 9.97 Å². The number of aromatic nitrogens is 2. The zero-order valence-corrected chi connectivity index (χ0v) is 10.2. The lowest BCUT2D eigenvalue weighted by atomic mass is 9.82. The zero-order valence-electron chi connectivity index (χ0n) is 10.2. The third kappa shape index (κ3) is 1.92. The average molecular weight is 244 g/mol. The van der Waals surface area contributed by atoms with Crippen molar-refractivity contribution < 1.29 is 0 Å². The molecule has 18 heavy (non-hydrogen) atoms. The molecule has 5 nitrogen and oxygen atoms in total. The monoisotopic (exact) mass is 244 g/mol. The van der Waals surface area contributed by atoms with Crippen molar-refractivity contribution >= 4 is 22.5 Å². The second-order valence-electron chi connectivity index (χ2n) is 5.11. The molecule has 1 aromatic carbocycles. The number of H-pyrrole nitrogens is 1. The van der Waals surface area contributed by atoms with Crippen LogP contribution in [0.5, 0.6) is 0 Å². The van der Waals surface area contributed by atoms with Gasteiger partial charge in [-0.25, -0.2) is 4.98 Å². The molecule has 1 heterocycles. The minimum atomic E-state index is -0.151. The van der Waals surface area contributed by atoms with Gasteiger partial charge in [-0.15, -0.1) is 0 Å². The number of nitrogens with one attached hydrogen (secondary N) is 2. The van der Waals surface area contributed by atoms with Gasteiger partial charge in [0.25, 0.3) is 5.56 Å². The molecule has 2 aromatic rings. The molecule has 1 aliphatic rings. The van der Waals surface area contributed by atoms with Crippen molar-refractivity contribution in [1.29, 1.82) is 0 Å². The maximum Gasteiger partial charge on any atom is 0.260 e. The van der Waals surface area contributed by atoms with Gasteiger partial charge in [-0.3, -0.25) is 9.78 Å². The number of anilines is 2. The van der Waals surface area contributed by atoms with Crippen LogP contribution in [0.3, 0.4) is 0 Å². The highest BCUT2D eigenvalue weighted by Gasteiger charge is 2.25. The van der Waals surface area contributed by atoms with Gasteiger partial charge in [0.15, 0.2) is 0 Å². The second-order valence-corrected chi connectivity index (χ2v) is 5.11. The van der Waals surface area contributed by atoms with Crippen molar-refractivity contribution in [2.75, 3.05) is 11.1 Å². The smallest absolute Gasteiger partial charge is 0.260 e. The van der Waals surface area contributed by atoms with E-state index in [1.807, 2.05) is 0 Å². The summed E-state index contributed by atoms with van der Waals surface area (Å²) in [5, 5.41) is 3.79. The van der Waals surface area contributed by atoms with Gasteiger partial charge in [0.05, 0.1) is 10.9 Å². The quantitative estimate of drug-likeness (QED) is 0.702. The highest BCUT2D eigenvalue weighted by Crippen LogP contribution is 2.28. The van der Waals surface area contributed by atoms with Gasteiger partial charge < -0.3 is 11.1 Å². The number of rotatable bonds is 2. The molecule has 0 bridgehead atoms. The van der Waals surface area contributed by atoms with Crippen LogP contribution in [0.15, 0.2) is 23.0 Å². The van der Waals surface area contributed by atoms with Crippen LogP contribution in [0.2, 0.25) is 0 Å². The molecule has 0 aliphatic heterocycles. The number of hydrogen-bond acceptors (Lipinski definition) is 4. The van der Waals surface area contributed by atoms with Crippen LogP contribution in [-0.2, 0) is 0 Å². The Labute approximate surface area is 104 Å². The van der Waals surface area contributed by atoms with Crippen molar-refractivity contribution in [3.8, 4) is 0 Å². The molecule has 0 atom stereocenters. The third-order valence-corrected chi connectivity index (χ3v) is 3.44. The van der Waals surface area contributed by atoms with E-state index in [0.29, 0.717) is 28.6 Å². The Morgan fingerprint density at radius 1 is 1.44 bits per heavy atom. The number of fused-ring (bicyclic) bond motifs is 1. The molecular weight excluding hydrogens is 228 g/mol. The van der Waals surface area contributed by atoms with E-state index in [9.17, 15) is 4.79 Å². The van der Waals surface area contributed by atoms with E-state index < -0.39 is 0 Å². The van der Waals surface area contributed by atoms with Gasteiger partial charge in [0, 0.05) is 11.7 Å². The Morgan fingerprint density at radius 2 is 2.22 bits per heavy atom. The van der Waals surface area contributed by atoms with Crippen molar-refractivity contribution in [3.63, 3.8) is 0 Å². The Morgan fingerprint density at radius 3 is 2.94 bits per heavy atom. The third-order valence-electron chi connectivity index (χ3n) is 3.44. The lowest BCUT2D eigenvalue weighted by Gasteiger charge is -2.33. The fourth-order valence-electron chi connectivity index (χ4n) is 2.44. The van der Waals surface area contributed by atoms with E-state index in [-0.39, 0.29) is 5.56 Å². The first-order chi connectivity index (χ1) is 8.61. The van der Waals surface area contributed by atoms with E-state index >= 15 is 0 Å². The molecule has 0 unspecified atom stereocenters. The summed E-state index contributed by atoms with van der Waals surface area (Å²) in [6.07, 6.45) is 2.26. The van der Waals surface area contributed by atoms with E-state index in [2.05, 4.69) is 22.2 Å². The largest absolute Gasteiger partial charge is 0.399 e. The minimum absolute atomic E-state index is 0.151. The summed E-state index contributed by atoms with van der Waals surface area (Å²) >= 11 is 0. The SMILES string of the molecule is CC1CC(Nc2nc3ccc(N)cc3c(=O)[nH]2)C1. The lowest BCUT2D eigenvalue weighted by molar-refractivity contribution is 0.308. The van der Waals surface area contributed by atoms with Crippen LogP contribution in [0, 0.1) is 5.92 Å². The van der Waals surface area contributed by atoms with Gasteiger partial charge in [-0.05, 0) is 37.0 Å². The number of nitrogens with zero attached hydrogens (tertiary/aromatic N) is 1. The van der Waals surface area contributed by atoms with Crippen molar-refractivity contribution in [2.24, 2.45) is 5.92 Å². The number of nitrogens with two attached hydrogens (primary N) is 1. The predicted molar refractivity (Wildman–Crippen MR) is 72.6 cm³/mol. The summed E-state index contributed by atoms with van der Waals surface area (Å²) in [5.41, 5.74) is 6.75. The molecule has 3 rings (SSSR count). The standard InChI is InChI=1S/C13H16N4O/c1-7-4-9(5-7)15-13-16-11-3-2-8(14)6-10(11)12(18)17-13/h2-3,6-7,9H,4-5,14H2,1H3,(H2,15,16,17,18). The van der Waals surface area contributed by atoms with E-state index in [0.717, 1.165) is 18.8 Å². The summed E-state index contributed by atoms with van der Waals surface area (Å²) < 4.78 is 0. The Bertz CT molecular complexity index is 643. The van der Waals surface area contributed by atoms with Gasteiger partial charge in [-0.2, -0.15) is 0 Å². The predicted octanol–water partition coefficient (Wildman–Crippen LogP) is 1.72. The molecule has 94 valence electrons. The first kappa shape index (κ1) is 11.1. The molecule has 0 spiro atoms. The Balaban J connectivity index is 1.95. The molecule has 4 N–H and O–H groups in total. The van der Waals surface area contributed by atoms with Crippen LogP contribution < -0.4 is 16.6 Å². The molecule has 5 heteroatoms. The fraction of sp³-hybridized carbons (Fsp3) is 0.385. The Hall–Kier alpha value is -2.04. The second kappa shape index (κ2) is 4.01. The van der Waals surface area contributed by atoms with Gasteiger partial charge in [0.1, 0.15) is 0 Å². The molecule has 1 fully saturated rings. The lowest BCUT2D eigenvalue weighted by Crippen LogP contribution is -2.35. The van der Waals surface area contributed by atoms with Gasteiger partial charge in [0.2, 0.25) is 5.95 Å². The average Bonchev–Trinajstić information content (AvgIpc) is 2.28. The molecule has 1 saturated carbocycles. The number of benzene rings is 1. The molecule has 0 amide bonds. The summed E-state index contributed by atoms with van der Waals surface area (Å²) in [4.78, 5) is 19.1. The molecule has 1 aliphatic carbocycles. The Kier molecular flexibility index (Phi) is 2.47. The minimum Gasteiger partial charge on any atom is -0.399 e. The van der Waals surface area contributed by atoms with Crippen LogP contribution in [0.4, 0.5) is 11.6 Å². The van der Waals surface area contributed by atoms with Crippen molar-refractivity contribution in [3.05, 3.63) is 28.6 Å². The van der Waals surface area contributed by atoms with Crippen LogP contribution in [0.25, 0.3) is 10.9 Å². The van der Waals surface area contributed by atoms with E-state index in [1.54, 1.807) is 18.2 Å². The summed E-state index contributed by atoms with van der Waals surface area (Å²) in [5.74, 6) is 1.31. The first-order valence-electron chi connectivity index (χ1n) is 6.18. The maximum atomic E-state index is 11.9. The van der Waals surface area contributed by atoms with E-state index in [1.165, 1.54) is 0 Å². The van der Waals surface area contributed by atoms with E-state index in [4.69, 9.17) is 5.73 Å². The number of nitrogen functional groups attached to an aromatic ring is 1. The molecule has 0 saturated heterocycles. The summed E-state index contributed by atoms with van der Waals surface area (Å²) in [6, 6.07) is 5.60. The van der Waals surface area contributed by atoms with Crippen LogP contribution in [0.1, 0.15) is 19.8 Å². The van der Waals surface area contributed by atoms with Crippen LogP contribution in [-0.4, -0.2) is 16.0 Å². The molecule has 1 aromatic heterocycles. The normalized spacial score (nSPS) is 22.7. The topological polar surface area (TPSA) is 83.8 Å². The number of hydrogen-bond donors (Lipinski definition) is 3. The van der Waals surface area contributed by atoms with Crippen LogP contribution >= 0.6 is 0 Å². The highest BCUT2D eigenvalue weighted by atomic mass is 16.1. The first-order valence-corrected chi connectivity index (χ1v) is 6.18. The molecular formula is C13H16N4O. The zero-order chi connectivity index (χ0) is 12.7.